The molecule has 0 aromatic heterocycles. The summed E-state index contributed by atoms with van der Waals surface area (Å²) in [5.74, 6) is -1.49. The summed E-state index contributed by atoms with van der Waals surface area (Å²) in [5.41, 5.74) is -2.26. The molecule has 0 spiro atoms. The highest BCUT2D eigenvalue weighted by atomic mass is 32.2. The van der Waals surface area contributed by atoms with Gasteiger partial charge in [-0.25, -0.2) is 0 Å². The van der Waals surface area contributed by atoms with Gasteiger partial charge in [-0.2, -0.15) is 8.42 Å². The summed E-state index contributed by atoms with van der Waals surface area (Å²) in [4.78, 5) is -0.147. The van der Waals surface area contributed by atoms with E-state index in [1.807, 2.05) is 0 Å². The molecule has 0 saturated carbocycles. The second-order valence-corrected chi connectivity index (χ2v) is 5.83. The van der Waals surface area contributed by atoms with Crippen molar-refractivity contribution < 1.29 is 25.9 Å². The minimum absolute atomic E-state index is 0.147. The largest absolute Gasteiger partial charge is 0.390 e. The minimum atomic E-state index is -4.20. The van der Waals surface area contributed by atoms with Crippen LogP contribution in [-0.4, -0.2) is 25.7 Å². The summed E-state index contributed by atoms with van der Waals surface area (Å²) in [6, 6.07) is 5.74. The van der Waals surface area contributed by atoms with E-state index in [0.29, 0.717) is 0 Å². The zero-order valence-corrected chi connectivity index (χ0v) is 11.0. The third kappa shape index (κ3) is 4.08. The fraction of sp³-hybridized carbons (Fsp3) is 0.538. The second kappa shape index (κ2) is 5.38. The topological polar surface area (TPSA) is 63.6 Å². The van der Waals surface area contributed by atoms with Crippen molar-refractivity contribution in [2.75, 3.05) is 6.61 Å². The molecule has 1 aromatic rings. The number of aliphatic hydroxyl groups is 1. The lowest BCUT2D eigenvalue weighted by atomic mass is 9.94. The van der Waals surface area contributed by atoms with Gasteiger partial charge in [0.05, 0.1) is 17.1 Å². The summed E-state index contributed by atoms with van der Waals surface area (Å²) in [5, 5.41) is 10.3. The van der Waals surface area contributed by atoms with Gasteiger partial charge in [-0.1, -0.05) is 24.6 Å². The summed E-state index contributed by atoms with van der Waals surface area (Å²) in [7, 11) is -4.20. The molecule has 0 bridgehead atoms. The van der Waals surface area contributed by atoms with Crippen LogP contribution < -0.4 is 0 Å². The smallest absolute Gasteiger partial charge is 0.296 e. The summed E-state index contributed by atoms with van der Waals surface area (Å²) in [6.07, 6.45) is 0. The van der Waals surface area contributed by atoms with Crippen molar-refractivity contribution >= 4 is 10.1 Å². The maximum atomic E-state index is 12.1. The molecule has 18 heavy (non-hydrogen) atoms. The number of hydrogen-bond donors (Lipinski definition) is 1. The molecule has 0 fully saturated rings. The minimum Gasteiger partial charge on any atom is -0.390 e. The number of benzene rings is 1. The van der Waals surface area contributed by atoms with Crippen LogP contribution in [0.5, 0.6) is 0 Å². The summed E-state index contributed by atoms with van der Waals surface area (Å²) in [6.45, 7) is -4.39. The van der Waals surface area contributed by atoms with E-state index >= 15 is 0 Å². The zero-order chi connectivity index (χ0) is 19.0. The predicted octanol–water partition coefficient (Wildman–Crippen LogP) is 2.11. The molecule has 0 aliphatic rings. The van der Waals surface area contributed by atoms with Crippen LogP contribution in [0.25, 0.3) is 0 Å². The Morgan fingerprint density at radius 3 is 2.44 bits per heavy atom. The molecule has 0 radical (unpaired) electrons. The van der Waals surface area contributed by atoms with Crippen molar-refractivity contribution in [2.45, 2.75) is 38.0 Å². The fourth-order valence-electron chi connectivity index (χ4n) is 1.09. The SMILES string of the molecule is [2H]C([2H])([2H])C(O)([C@H](C)COS(=O)(=O)c1ccc(C)cc1)C([2H])([2H])[2H]. The molecular weight excluding hydrogens is 252 g/mol. The molecule has 1 rings (SSSR count). The highest BCUT2D eigenvalue weighted by Gasteiger charge is 2.25. The first-order valence-electron chi connectivity index (χ1n) is 8.31. The van der Waals surface area contributed by atoms with E-state index in [0.717, 1.165) is 12.5 Å². The Morgan fingerprint density at radius 1 is 1.39 bits per heavy atom. The van der Waals surface area contributed by atoms with Gasteiger partial charge in [0.15, 0.2) is 0 Å². The van der Waals surface area contributed by atoms with Gasteiger partial charge in [0.1, 0.15) is 0 Å². The normalized spacial score (nSPS) is 20.8. The number of rotatable bonds is 5. The Bertz CT molecular complexity index is 649. The lowest BCUT2D eigenvalue weighted by Crippen LogP contribution is -2.32. The van der Waals surface area contributed by atoms with Gasteiger partial charge in [-0.05, 0) is 32.8 Å². The molecule has 0 saturated heterocycles. The van der Waals surface area contributed by atoms with Gasteiger partial charge < -0.3 is 5.11 Å². The molecular formula is C13H20O4S. The first-order chi connectivity index (χ1) is 10.6. The Kier molecular flexibility index (Phi) is 2.48. The monoisotopic (exact) mass is 278 g/mol. The van der Waals surface area contributed by atoms with Crippen LogP contribution >= 0.6 is 0 Å². The third-order valence-electron chi connectivity index (χ3n) is 2.50. The van der Waals surface area contributed by atoms with Crippen LogP contribution in [0.1, 0.15) is 34.4 Å². The maximum Gasteiger partial charge on any atom is 0.296 e. The van der Waals surface area contributed by atoms with Gasteiger partial charge in [0.2, 0.25) is 0 Å². The first-order valence-corrected chi connectivity index (χ1v) is 6.72. The van der Waals surface area contributed by atoms with Crippen molar-refractivity contribution in [3.8, 4) is 0 Å². The Hall–Kier alpha value is -0.910. The second-order valence-electron chi connectivity index (χ2n) is 4.22. The number of aryl methyl sites for hydroxylation is 1. The van der Waals surface area contributed by atoms with Crippen molar-refractivity contribution in [3.63, 3.8) is 0 Å². The van der Waals surface area contributed by atoms with Crippen molar-refractivity contribution in [1.82, 2.24) is 0 Å². The van der Waals surface area contributed by atoms with Gasteiger partial charge in [0.25, 0.3) is 10.1 Å². The Morgan fingerprint density at radius 2 is 1.94 bits per heavy atom. The van der Waals surface area contributed by atoms with Gasteiger partial charge in [-0.3, -0.25) is 4.18 Å². The molecule has 1 N–H and O–H groups in total. The lowest BCUT2D eigenvalue weighted by Gasteiger charge is -2.25. The van der Waals surface area contributed by atoms with E-state index in [9.17, 15) is 13.5 Å². The lowest BCUT2D eigenvalue weighted by molar-refractivity contribution is 0.00614. The predicted molar refractivity (Wildman–Crippen MR) is 69.8 cm³/mol. The average molecular weight is 278 g/mol. The molecule has 1 aromatic carbocycles. The van der Waals surface area contributed by atoms with E-state index in [-0.39, 0.29) is 4.90 Å². The highest BCUT2D eigenvalue weighted by molar-refractivity contribution is 7.86. The number of hydrogen-bond acceptors (Lipinski definition) is 4. The average Bonchev–Trinajstić information content (AvgIpc) is 2.42. The van der Waals surface area contributed by atoms with E-state index in [4.69, 9.17) is 12.4 Å². The van der Waals surface area contributed by atoms with Crippen LogP contribution in [0, 0.1) is 12.8 Å². The van der Waals surface area contributed by atoms with Gasteiger partial charge in [-0.15, -0.1) is 0 Å². The zero-order valence-electron chi connectivity index (χ0n) is 16.2. The molecule has 0 unspecified atom stereocenters. The molecule has 1 atom stereocenters. The molecule has 5 heteroatoms. The molecule has 0 aliphatic carbocycles. The van der Waals surface area contributed by atoms with Crippen LogP contribution in [0.3, 0.4) is 0 Å². The maximum absolute atomic E-state index is 12.1. The fourth-order valence-corrected chi connectivity index (χ4v) is 2.07. The van der Waals surface area contributed by atoms with Crippen molar-refractivity contribution in [3.05, 3.63) is 29.8 Å². The Labute approximate surface area is 117 Å². The van der Waals surface area contributed by atoms with E-state index < -0.39 is 41.9 Å². The van der Waals surface area contributed by atoms with E-state index in [2.05, 4.69) is 0 Å². The van der Waals surface area contributed by atoms with E-state index in [1.54, 1.807) is 19.1 Å². The van der Waals surface area contributed by atoms with Gasteiger partial charge in [0, 0.05) is 14.1 Å². The van der Waals surface area contributed by atoms with Crippen LogP contribution in [0.2, 0.25) is 0 Å². The quantitative estimate of drug-likeness (QED) is 0.838. The van der Waals surface area contributed by atoms with Crippen LogP contribution in [0.4, 0.5) is 0 Å². The van der Waals surface area contributed by atoms with Crippen LogP contribution in [0.15, 0.2) is 29.2 Å². The molecule has 102 valence electrons. The van der Waals surface area contributed by atoms with Crippen molar-refractivity contribution in [1.29, 1.82) is 0 Å². The molecule has 0 amide bonds. The molecule has 0 aliphatic heterocycles. The summed E-state index contributed by atoms with van der Waals surface area (Å²) >= 11 is 0. The molecule has 0 heterocycles. The van der Waals surface area contributed by atoms with Crippen LogP contribution in [-0.2, 0) is 14.3 Å². The van der Waals surface area contributed by atoms with Gasteiger partial charge >= 0.3 is 0 Å². The first kappa shape index (κ1) is 8.30. The standard InChI is InChI=1S/C13H20O4S/c1-10-5-7-12(8-6-10)18(15,16)17-9-11(2)13(3,4)14/h5-8,11,14H,9H2,1-4H3/t11-/m1/s1/i3D3,4D3. The van der Waals surface area contributed by atoms with Crippen molar-refractivity contribution in [2.24, 2.45) is 5.92 Å². The van der Waals surface area contributed by atoms with E-state index in [1.165, 1.54) is 12.1 Å². The highest BCUT2D eigenvalue weighted by Crippen LogP contribution is 2.19. The molecule has 4 nitrogen and oxygen atoms in total. The summed E-state index contributed by atoms with van der Waals surface area (Å²) < 4.78 is 72.8. The Balaban J connectivity index is 3.01. The third-order valence-corrected chi connectivity index (χ3v) is 3.79.